The molecule has 1 nitrogen and oxygen atoms in total. The Labute approximate surface area is 109 Å². The van der Waals surface area contributed by atoms with E-state index in [4.69, 9.17) is 11.6 Å². The van der Waals surface area contributed by atoms with Gasteiger partial charge in [-0.15, -0.1) is 22.9 Å². The van der Waals surface area contributed by atoms with Crippen molar-refractivity contribution in [3.63, 3.8) is 0 Å². The van der Waals surface area contributed by atoms with E-state index in [9.17, 15) is 0 Å². The first kappa shape index (κ1) is 11.9. The van der Waals surface area contributed by atoms with Crippen LogP contribution in [0.25, 0.3) is 0 Å². The molecule has 0 radical (unpaired) electrons. The van der Waals surface area contributed by atoms with E-state index in [-0.39, 0.29) is 0 Å². The average molecular weight is 309 g/mol. The molecule has 0 spiro atoms. The molecule has 84 valence electrons. The molecule has 0 bridgehead atoms. The van der Waals surface area contributed by atoms with Crippen LogP contribution in [0.5, 0.6) is 0 Å². The van der Waals surface area contributed by atoms with Crippen molar-refractivity contribution in [1.82, 2.24) is 4.90 Å². The number of alkyl halides is 1. The van der Waals surface area contributed by atoms with Crippen molar-refractivity contribution < 1.29 is 0 Å². The minimum absolute atomic E-state index is 0.442. The second kappa shape index (κ2) is 5.17. The molecular formula is C11H15BrClNS. The van der Waals surface area contributed by atoms with Crippen molar-refractivity contribution in [2.45, 2.75) is 24.8 Å². The number of thiophene rings is 1. The maximum Gasteiger partial charge on any atom is 0.0342 e. The van der Waals surface area contributed by atoms with Crippen molar-refractivity contribution in [3.05, 3.63) is 20.8 Å². The normalized spacial score (nSPS) is 25.6. The highest BCUT2D eigenvalue weighted by Gasteiger charge is 2.27. The summed E-state index contributed by atoms with van der Waals surface area (Å²) in [6.45, 7) is 2.22. The monoisotopic (exact) mass is 307 g/mol. The first-order chi connectivity index (χ1) is 7.15. The van der Waals surface area contributed by atoms with Crippen molar-refractivity contribution in [2.75, 3.05) is 13.6 Å². The summed E-state index contributed by atoms with van der Waals surface area (Å²) >= 11 is 11.4. The molecule has 15 heavy (non-hydrogen) atoms. The summed E-state index contributed by atoms with van der Waals surface area (Å²) < 4.78 is 1.24. The molecule has 0 aromatic carbocycles. The molecule has 0 saturated heterocycles. The van der Waals surface area contributed by atoms with Gasteiger partial charge < -0.3 is 4.90 Å². The van der Waals surface area contributed by atoms with Crippen LogP contribution in [0.4, 0.5) is 0 Å². The molecule has 0 amide bonds. The lowest BCUT2D eigenvalue weighted by atomic mass is 9.84. The van der Waals surface area contributed by atoms with Gasteiger partial charge in [-0.05, 0) is 53.2 Å². The third-order valence-electron chi connectivity index (χ3n) is 2.85. The molecule has 1 aromatic heterocycles. The highest BCUT2D eigenvalue weighted by atomic mass is 79.9. The van der Waals surface area contributed by atoms with Gasteiger partial charge in [0.2, 0.25) is 0 Å². The lowest BCUT2D eigenvalue weighted by Gasteiger charge is -2.34. The van der Waals surface area contributed by atoms with Crippen molar-refractivity contribution in [1.29, 1.82) is 0 Å². The van der Waals surface area contributed by atoms with E-state index in [0.29, 0.717) is 5.38 Å². The highest BCUT2D eigenvalue weighted by Crippen LogP contribution is 2.33. The molecule has 1 aliphatic carbocycles. The molecule has 1 heterocycles. The summed E-state index contributed by atoms with van der Waals surface area (Å²) in [4.78, 5) is 3.81. The fourth-order valence-corrected chi connectivity index (χ4v) is 4.05. The Morgan fingerprint density at radius 2 is 2.33 bits per heavy atom. The summed E-state index contributed by atoms with van der Waals surface area (Å²) in [6.07, 6.45) is 2.38. The zero-order chi connectivity index (χ0) is 10.8. The van der Waals surface area contributed by atoms with E-state index in [1.165, 1.54) is 28.7 Å². The van der Waals surface area contributed by atoms with E-state index >= 15 is 0 Å². The van der Waals surface area contributed by atoms with Gasteiger partial charge in [0.1, 0.15) is 0 Å². The van der Waals surface area contributed by atoms with Crippen LogP contribution < -0.4 is 0 Å². The van der Waals surface area contributed by atoms with Crippen LogP contribution in [0.1, 0.15) is 17.7 Å². The van der Waals surface area contributed by atoms with Gasteiger partial charge in [0, 0.05) is 27.8 Å². The van der Waals surface area contributed by atoms with E-state index in [1.807, 2.05) is 11.3 Å². The minimum Gasteiger partial charge on any atom is -0.301 e. The second-order valence-electron chi connectivity index (χ2n) is 4.32. The molecule has 1 saturated carbocycles. The van der Waals surface area contributed by atoms with Crippen LogP contribution in [0.2, 0.25) is 0 Å². The molecule has 1 aromatic rings. The van der Waals surface area contributed by atoms with Gasteiger partial charge >= 0.3 is 0 Å². The zero-order valence-corrected chi connectivity index (χ0v) is 11.9. The van der Waals surface area contributed by atoms with Crippen LogP contribution in [-0.2, 0) is 6.54 Å². The van der Waals surface area contributed by atoms with Crippen LogP contribution in [0.3, 0.4) is 0 Å². The van der Waals surface area contributed by atoms with Crippen molar-refractivity contribution >= 4 is 38.9 Å². The summed E-state index contributed by atoms with van der Waals surface area (Å²) in [6, 6.07) is 2.12. The van der Waals surface area contributed by atoms with E-state index in [2.05, 4.69) is 39.3 Å². The lowest BCUT2D eigenvalue weighted by molar-refractivity contribution is 0.205. The fourth-order valence-electron chi connectivity index (χ4n) is 1.99. The summed E-state index contributed by atoms with van der Waals surface area (Å²) in [5.41, 5.74) is 0. The maximum absolute atomic E-state index is 5.97. The standard InChI is InChI=1S/C11H15BrClNS/c1-14(6-8-4-9(13)5-8)7-11-10(12)2-3-15-11/h2-3,8-9H,4-7H2,1H3. The topological polar surface area (TPSA) is 3.24 Å². The van der Waals surface area contributed by atoms with Crippen LogP contribution in [0, 0.1) is 5.92 Å². The minimum atomic E-state index is 0.442. The SMILES string of the molecule is CN(Cc1sccc1Br)CC1CC(Cl)C1. The number of halogens is 2. The smallest absolute Gasteiger partial charge is 0.0342 e. The molecule has 0 aliphatic heterocycles. The molecular weight excluding hydrogens is 294 g/mol. The predicted molar refractivity (Wildman–Crippen MR) is 70.7 cm³/mol. The van der Waals surface area contributed by atoms with E-state index in [0.717, 1.165) is 12.5 Å². The number of nitrogens with zero attached hydrogens (tertiary/aromatic N) is 1. The van der Waals surface area contributed by atoms with Crippen LogP contribution in [-0.4, -0.2) is 23.9 Å². The van der Waals surface area contributed by atoms with Gasteiger partial charge in [0.25, 0.3) is 0 Å². The Bertz CT molecular complexity index is 322. The molecule has 2 rings (SSSR count). The predicted octanol–water partition coefficient (Wildman–Crippen LogP) is 3.96. The Balaban J connectivity index is 1.77. The molecule has 0 N–H and O–H groups in total. The van der Waals surface area contributed by atoms with Crippen molar-refractivity contribution in [3.8, 4) is 0 Å². The quantitative estimate of drug-likeness (QED) is 0.761. The molecule has 1 aliphatic rings. The third kappa shape index (κ3) is 3.19. The summed E-state index contributed by atoms with van der Waals surface area (Å²) in [5.74, 6) is 0.816. The Morgan fingerprint density at radius 3 is 2.87 bits per heavy atom. The Kier molecular flexibility index (Phi) is 4.10. The number of rotatable bonds is 4. The first-order valence-electron chi connectivity index (χ1n) is 5.19. The number of hydrogen-bond acceptors (Lipinski definition) is 2. The van der Waals surface area contributed by atoms with Gasteiger partial charge in [-0.25, -0.2) is 0 Å². The van der Waals surface area contributed by atoms with E-state index < -0.39 is 0 Å². The van der Waals surface area contributed by atoms with Gasteiger partial charge in [-0.1, -0.05) is 0 Å². The third-order valence-corrected chi connectivity index (χ3v) is 5.12. The van der Waals surface area contributed by atoms with E-state index in [1.54, 1.807) is 0 Å². The summed E-state index contributed by atoms with van der Waals surface area (Å²) in [5, 5.41) is 2.57. The molecule has 1 fully saturated rings. The average Bonchev–Trinajstić information content (AvgIpc) is 2.49. The Hall–Kier alpha value is 0.430. The molecule has 0 unspecified atom stereocenters. The maximum atomic E-state index is 5.97. The zero-order valence-electron chi connectivity index (χ0n) is 8.75. The largest absolute Gasteiger partial charge is 0.301 e. The van der Waals surface area contributed by atoms with Gasteiger partial charge in [-0.2, -0.15) is 0 Å². The highest BCUT2D eigenvalue weighted by molar-refractivity contribution is 9.10. The number of hydrogen-bond donors (Lipinski definition) is 0. The van der Waals surface area contributed by atoms with Gasteiger partial charge in [-0.3, -0.25) is 0 Å². The Morgan fingerprint density at radius 1 is 1.60 bits per heavy atom. The van der Waals surface area contributed by atoms with Crippen molar-refractivity contribution in [2.24, 2.45) is 5.92 Å². The second-order valence-corrected chi connectivity index (χ2v) is 6.80. The summed E-state index contributed by atoms with van der Waals surface area (Å²) in [7, 11) is 2.19. The van der Waals surface area contributed by atoms with Gasteiger partial charge in [0.05, 0.1) is 0 Å². The first-order valence-corrected chi connectivity index (χ1v) is 7.30. The molecule has 0 atom stereocenters. The fraction of sp³-hybridized carbons (Fsp3) is 0.636. The molecule has 4 heteroatoms. The van der Waals surface area contributed by atoms with Crippen LogP contribution in [0.15, 0.2) is 15.9 Å². The van der Waals surface area contributed by atoms with Gasteiger partial charge in [0.15, 0.2) is 0 Å². The lowest BCUT2D eigenvalue weighted by Crippen LogP contribution is -2.34. The van der Waals surface area contributed by atoms with Crippen LogP contribution >= 0.6 is 38.9 Å².